The third-order valence-electron chi connectivity index (χ3n) is 8.38. The van der Waals surface area contributed by atoms with E-state index in [2.05, 4.69) is 32.7 Å². The van der Waals surface area contributed by atoms with E-state index in [9.17, 15) is 14.4 Å². The third kappa shape index (κ3) is 9.07. The zero-order chi connectivity index (χ0) is 32.3. The number of benzene rings is 3. The van der Waals surface area contributed by atoms with Gasteiger partial charge < -0.3 is 31.7 Å². The Morgan fingerprint density at radius 2 is 1.54 bits per heavy atom. The molecule has 242 valence electrons. The number of nitrogens with zero attached hydrogens (tertiary/aromatic N) is 3. The lowest BCUT2D eigenvalue weighted by Crippen LogP contribution is -2.68. The summed E-state index contributed by atoms with van der Waals surface area (Å²) in [6, 6.07) is 25.3. The predicted molar refractivity (Wildman–Crippen MR) is 177 cm³/mol. The van der Waals surface area contributed by atoms with Crippen LogP contribution in [0.5, 0.6) is 11.5 Å². The monoisotopic (exact) mass is 625 g/mol. The van der Waals surface area contributed by atoms with Crippen LogP contribution in [-0.2, 0) is 27.3 Å². The molecule has 2 saturated heterocycles. The standard InChI is InChI=1S/C35H43N7O4/c36-35(37)38-20-7-12-30-34(45)42(23-17-25-13-15-29(16-14-25)46-28-10-5-2-6-11-28)31(33(44)40-30)32(43)39-27-18-21-41(22-19-27)24-26-8-3-1-4-9-26/h1-6,8-11,13-16,27,30-31H,7,12,17-24H2,(H,39,43)(H,40,44)(H4,36,37,38). The van der Waals surface area contributed by atoms with Gasteiger partial charge in [0, 0.05) is 38.8 Å². The summed E-state index contributed by atoms with van der Waals surface area (Å²) in [6.07, 6.45) is 2.87. The molecule has 3 aromatic rings. The van der Waals surface area contributed by atoms with E-state index in [0.717, 1.165) is 43.8 Å². The molecule has 0 radical (unpaired) electrons. The zero-order valence-corrected chi connectivity index (χ0v) is 26.0. The maximum atomic E-state index is 13.7. The number of hydrogen-bond donors (Lipinski definition) is 4. The van der Waals surface area contributed by atoms with Gasteiger partial charge in [0.15, 0.2) is 12.0 Å². The van der Waals surface area contributed by atoms with Gasteiger partial charge in [0.25, 0.3) is 11.8 Å². The summed E-state index contributed by atoms with van der Waals surface area (Å²) < 4.78 is 5.89. The second kappa shape index (κ2) is 15.9. The molecule has 3 amide bonds. The minimum absolute atomic E-state index is 0.0246. The number of amides is 3. The predicted octanol–water partition coefficient (Wildman–Crippen LogP) is 2.55. The Morgan fingerprint density at radius 3 is 2.22 bits per heavy atom. The lowest BCUT2D eigenvalue weighted by atomic mass is 9.99. The number of guanidine groups is 1. The minimum Gasteiger partial charge on any atom is -0.457 e. The van der Waals surface area contributed by atoms with Gasteiger partial charge in [-0.05, 0) is 67.5 Å². The van der Waals surface area contributed by atoms with Crippen molar-refractivity contribution in [3.63, 3.8) is 0 Å². The van der Waals surface area contributed by atoms with Crippen LogP contribution in [0.25, 0.3) is 0 Å². The van der Waals surface area contributed by atoms with Gasteiger partial charge in [-0.2, -0.15) is 0 Å². The molecule has 0 spiro atoms. The lowest BCUT2D eigenvalue weighted by molar-refractivity contribution is -0.154. The van der Waals surface area contributed by atoms with E-state index in [1.807, 2.05) is 72.8 Å². The maximum absolute atomic E-state index is 13.7. The van der Waals surface area contributed by atoms with Gasteiger partial charge in [-0.25, -0.2) is 0 Å². The Balaban J connectivity index is 1.21. The van der Waals surface area contributed by atoms with Gasteiger partial charge in [-0.1, -0.05) is 60.7 Å². The van der Waals surface area contributed by atoms with Crippen LogP contribution in [0.4, 0.5) is 0 Å². The second-order valence-corrected chi connectivity index (χ2v) is 11.8. The number of likely N-dealkylation sites (tertiary alicyclic amines) is 1. The number of carbonyl (C=O) groups is 3. The molecule has 5 rings (SSSR count). The highest BCUT2D eigenvalue weighted by molar-refractivity contribution is 6.10. The molecule has 0 aromatic heterocycles. The van der Waals surface area contributed by atoms with Gasteiger partial charge in [0.1, 0.15) is 17.5 Å². The van der Waals surface area contributed by atoms with Gasteiger partial charge >= 0.3 is 0 Å². The molecule has 3 aromatic carbocycles. The molecule has 2 aliphatic heterocycles. The summed E-state index contributed by atoms with van der Waals surface area (Å²) in [4.78, 5) is 48.5. The Bertz CT molecular complexity index is 1470. The normalized spacial score (nSPS) is 18.9. The van der Waals surface area contributed by atoms with Gasteiger partial charge in [-0.3, -0.25) is 24.3 Å². The van der Waals surface area contributed by atoms with E-state index < -0.39 is 23.9 Å². The van der Waals surface area contributed by atoms with Crippen LogP contribution < -0.4 is 26.8 Å². The van der Waals surface area contributed by atoms with E-state index in [4.69, 9.17) is 16.2 Å². The molecular formula is C35H43N7O4. The highest BCUT2D eigenvalue weighted by atomic mass is 16.5. The summed E-state index contributed by atoms with van der Waals surface area (Å²) in [6.45, 7) is 3.08. The van der Waals surface area contributed by atoms with Crippen molar-refractivity contribution in [3.8, 4) is 11.5 Å². The lowest BCUT2D eigenvalue weighted by Gasteiger charge is -2.39. The van der Waals surface area contributed by atoms with Crippen LogP contribution in [0.2, 0.25) is 0 Å². The quantitative estimate of drug-likeness (QED) is 0.0985. The van der Waals surface area contributed by atoms with E-state index in [1.54, 1.807) is 0 Å². The Labute approximate surface area is 270 Å². The second-order valence-electron chi connectivity index (χ2n) is 11.8. The smallest absolute Gasteiger partial charge is 0.253 e. The van der Waals surface area contributed by atoms with E-state index >= 15 is 0 Å². The number of piperidine rings is 1. The molecule has 46 heavy (non-hydrogen) atoms. The molecule has 6 N–H and O–H groups in total. The summed E-state index contributed by atoms with van der Waals surface area (Å²) in [5.41, 5.74) is 13.1. The number of ether oxygens (including phenoxy) is 1. The van der Waals surface area contributed by atoms with Crippen LogP contribution in [0.1, 0.15) is 36.8 Å². The van der Waals surface area contributed by atoms with Crippen LogP contribution in [0, 0.1) is 0 Å². The van der Waals surface area contributed by atoms with Crippen LogP contribution in [0.15, 0.2) is 89.9 Å². The number of nitrogens with one attached hydrogen (secondary N) is 2. The van der Waals surface area contributed by atoms with Gasteiger partial charge in [0.2, 0.25) is 5.91 Å². The van der Waals surface area contributed by atoms with E-state index in [1.165, 1.54) is 10.5 Å². The highest BCUT2D eigenvalue weighted by Gasteiger charge is 2.44. The number of nitrogens with two attached hydrogens (primary N) is 2. The van der Waals surface area contributed by atoms with E-state index in [-0.39, 0.29) is 24.5 Å². The van der Waals surface area contributed by atoms with Crippen LogP contribution in [0.3, 0.4) is 0 Å². The van der Waals surface area contributed by atoms with Crippen molar-refractivity contribution in [2.45, 2.75) is 56.8 Å². The number of hydrogen-bond acceptors (Lipinski definition) is 6. The molecule has 2 unspecified atom stereocenters. The fourth-order valence-electron chi connectivity index (χ4n) is 5.94. The summed E-state index contributed by atoms with van der Waals surface area (Å²) in [5, 5.41) is 5.87. The van der Waals surface area contributed by atoms with E-state index in [0.29, 0.717) is 31.6 Å². The van der Waals surface area contributed by atoms with Gasteiger partial charge in [0.05, 0.1) is 0 Å². The highest BCUT2D eigenvalue weighted by Crippen LogP contribution is 2.22. The van der Waals surface area contributed by atoms with Crippen molar-refractivity contribution >= 4 is 23.7 Å². The molecular weight excluding hydrogens is 582 g/mol. The first-order valence-corrected chi connectivity index (χ1v) is 15.9. The molecule has 2 fully saturated rings. The number of para-hydroxylation sites is 1. The zero-order valence-electron chi connectivity index (χ0n) is 26.0. The first kappa shape index (κ1) is 32.5. The molecule has 0 bridgehead atoms. The number of carbonyl (C=O) groups excluding carboxylic acids is 3. The fraction of sp³-hybridized carbons (Fsp3) is 0.371. The largest absolute Gasteiger partial charge is 0.457 e. The minimum atomic E-state index is -1.25. The van der Waals surface area contributed by atoms with Gasteiger partial charge in [-0.15, -0.1) is 0 Å². The summed E-state index contributed by atoms with van der Waals surface area (Å²) in [7, 11) is 0. The number of rotatable bonds is 13. The molecule has 0 aliphatic carbocycles. The summed E-state index contributed by atoms with van der Waals surface area (Å²) >= 11 is 0. The van der Waals surface area contributed by atoms with Crippen molar-refractivity contribution in [1.29, 1.82) is 0 Å². The molecule has 0 saturated carbocycles. The molecule has 2 heterocycles. The maximum Gasteiger partial charge on any atom is 0.253 e. The van der Waals surface area contributed by atoms with Crippen molar-refractivity contribution < 1.29 is 19.1 Å². The fourth-order valence-corrected chi connectivity index (χ4v) is 5.94. The average molecular weight is 626 g/mol. The molecule has 2 aliphatic rings. The molecule has 2 atom stereocenters. The van der Waals surface area contributed by atoms with Crippen LogP contribution in [-0.4, -0.2) is 77.8 Å². The molecule has 11 heteroatoms. The summed E-state index contributed by atoms with van der Waals surface area (Å²) in [5.74, 6) is 0.197. The van der Waals surface area contributed by atoms with Crippen molar-refractivity contribution in [1.82, 2.24) is 20.4 Å². The number of piperazine rings is 1. The van der Waals surface area contributed by atoms with Crippen molar-refractivity contribution in [2.24, 2.45) is 16.5 Å². The third-order valence-corrected chi connectivity index (χ3v) is 8.38. The Morgan fingerprint density at radius 1 is 0.891 bits per heavy atom. The Hall–Kier alpha value is -4.90. The first-order valence-electron chi connectivity index (χ1n) is 15.9. The molecule has 11 nitrogen and oxygen atoms in total. The number of aliphatic imine (C=N–C) groups is 1. The first-order chi connectivity index (χ1) is 22.4. The Kier molecular flexibility index (Phi) is 11.2. The average Bonchev–Trinajstić information content (AvgIpc) is 3.06. The topological polar surface area (TPSA) is 155 Å². The van der Waals surface area contributed by atoms with Crippen molar-refractivity contribution in [2.75, 3.05) is 26.2 Å². The van der Waals surface area contributed by atoms with Crippen LogP contribution >= 0.6 is 0 Å². The SMILES string of the molecule is NC(N)=NCCCC1NC(=O)C(C(=O)NC2CCN(Cc3ccccc3)CC2)N(CCc2ccc(Oc3ccccc3)cc2)C1=O. The van der Waals surface area contributed by atoms with Crippen molar-refractivity contribution in [3.05, 3.63) is 96.1 Å².